The maximum Gasteiger partial charge on any atom is 0.107 e. The van der Waals surface area contributed by atoms with E-state index in [1.165, 1.54) is 11.1 Å². The first-order valence-corrected chi connectivity index (χ1v) is 6.78. The number of rotatable bonds is 4. The zero-order valence-corrected chi connectivity index (χ0v) is 12.6. The van der Waals surface area contributed by atoms with E-state index in [2.05, 4.69) is 53.8 Å². The lowest BCUT2D eigenvalue weighted by Gasteiger charge is -2.05. The smallest absolute Gasteiger partial charge is 0.107 e. The lowest BCUT2D eigenvalue weighted by atomic mass is 10.0. The third-order valence-corrected chi connectivity index (χ3v) is 3.60. The number of nitrogens with zero attached hydrogens (tertiary/aromatic N) is 1. The second-order valence-corrected chi connectivity index (χ2v) is 5.38. The van der Waals surface area contributed by atoms with Gasteiger partial charge in [0, 0.05) is 17.5 Å². The number of hydrogen-bond donors (Lipinski definition) is 1. The fourth-order valence-corrected chi connectivity index (χ4v) is 2.53. The lowest BCUT2D eigenvalue weighted by molar-refractivity contribution is 0.811. The number of nitrogens with one attached hydrogen (secondary N) is 1. The summed E-state index contributed by atoms with van der Waals surface area (Å²) in [5.41, 5.74) is 3.66. The lowest BCUT2D eigenvalue weighted by Crippen LogP contribution is -2.04. The second kappa shape index (κ2) is 6.88. The standard InChI is InChI=1S/C14H18N2S.ClH/c1-10(2)11-4-6-12(7-5-11)13-9-17-14(16-13)8-15-3;/h4-7,9-10,15H,8H2,1-3H3;1H. The Morgan fingerprint density at radius 2 is 1.89 bits per heavy atom. The van der Waals surface area contributed by atoms with Crippen LogP contribution in [0.3, 0.4) is 0 Å². The van der Waals surface area contributed by atoms with Crippen LogP contribution in [0.4, 0.5) is 0 Å². The van der Waals surface area contributed by atoms with E-state index in [1.807, 2.05) is 7.05 Å². The average Bonchev–Trinajstić information content (AvgIpc) is 2.78. The topological polar surface area (TPSA) is 24.9 Å². The Morgan fingerprint density at radius 3 is 2.44 bits per heavy atom. The molecule has 0 saturated carbocycles. The highest BCUT2D eigenvalue weighted by Crippen LogP contribution is 2.24. The Kier molecular flexibility index (Phi) is 5.79. The van der Waals surface area contributed by atoms with Crippen LogP contribution < -0.4 is 5.32 Å². The van der Waals surface area contributed by atoms with Crippen molar-refractivity contribution < 1.29 is 0 Å². The zero-order chi connectivity index (χ0) is 12.3. The van der Waals surface area contributed by atoms with Gasteiger partial charge in [0.05, 0.1) is 5.69 Å². The van der Waals surface area contributed by atoms with E-state index in [9.17, 15) is 0 Å². The van der Waals surface area contributed by atoms with Crippen LogP contribution >= 0.6 is 23.7 Å². The van der Waals surface area contributed by atoms with Crippen LogP contribution in [0.15, 0.2) is 29.6 Å². The Bertz CT molecular complexity index is 477. The minimum atomic E-state index is 0. The number of aromatic nitrogens is 1. The molecule has 0 fully saturated rings. The van der Waals surface area contributed by atoms with Crippen LogP contribution in [0, 0.1) is 0 Å². The highest BCUT2D eigenvalue weighted by Gasteiger charge is 2.05. The van der Waals surface area contributed by atoms with Gasteiger partial charge in [0.25, 0.3) is 0 Å². The van der Waals surface area contributed by atoms with Crippen molar-refractivity contribution in [3.63, 3.8) is 0 Å². The van der Waals surface area contributed by atoms with Gasteiger partial charge in [-0.1, -0.05) is 38.1 Å². The summed E-state index contributed by atoms with van der Waals surface area (Å²) in [5, 5.41) is 6.38. The summed E-state index contributed by atoms with van der Waals surface area (Å²) in [6.45, 7) is 5.26. The predicted octanol–water partition coefficient (Wildman–Crippen LogP) is 4.07. The van der Waals surface area contributed by atoms with Gasteiger partial charge in [0.1, 0.15) is 5.01 Å². The summed E-state index contributed by atoms with van der Waals surface area (Å²) in [5.74, 6) is 0.583. The molecule has 0 aliphatic rings. The van der Waals surface area contributed by atoms with Gasteiger partial charge in [-0.05, 0) is 18.5 Å². The molecule has 0 bridgehead atoms. The molecule has 98 valence electrons. The highest BCUT2D eigenvalue weighted by molar-refractivity contribution is 7.09. The first kappa shape index (κ1) is 15.2. The molecule has 1 heterocycles. The van der Waals surface area contributed by atoms with E-state index in [0.29, 0.717) is 5.92 Å². The maximum absolute atomic E-state index is 4.60. The molecule has 0 aliphatic carbocycles. The van der Waals surface area contributed by atoms with Crippen molar-refractivity contribution in [3.05, 3.63) is 40.2 Å². The van der Waals surface area contributed by atoms with Crippen LogP contribution in [-0.2, 0) is 6.54 Å². The molecule has 2 nitrogen and oxygen atoms in total. The van der Waals surface area contributed by atoms with E-state index >= 15 is 0 Å². The molecule has 0 atom stereocenters. The fourth-order valence-electron chi connectivity index (χ4n) is 1.71. The third kappa shape index (κ3) is 3.55. The summed E-state index contributed by atoms with van der Waals surface area (Å²) in [6, 6.07) is 8.70. The van der Waals surface area contributed by atoms with Crippen LogP contribution in [0.5, 0.6) is 0 Å². The van der Waals surface area contributed by atoms with Gasteiger partial charge in [-0.25, -0.2) is 4.98 Å². The quantitative estimate of drug-likeness (QED) is 0.914. The molecule has 0 unspecified atom stereocenters. The largest absolute Gasteiger partial charge is 0.314 e. The Hall–Kier alpha value is -0.900. The molecular formula is C14H19ClN2S. The first-order chi connectivity index (χ1) is 8.20. The zero-order valence-electron chi connectivity index (χ0n) is 10.9. The summed E-state index contributed by atoms with van der Waals surface area (Å²) in [7, 11) is 1.94. The van der Waals surface area contributed by atoms with Crippen molar-refractivity contribution in [1.29, 1.82) is 0 Å². The summed E-state index contributed by atoms with van der Waals surface area (Å²) in [4.78, 5) is 4.60. The van der Waals surface area contributed by atoms with Crippen LogP contribution in [0.25, 0.3) is 11.3 Å². The van der Waals surface area contributed by atoms with Gasteiger partial charge in [-0.2, -0.15) is 0 Å². The highest BCUT2D eigenvalue weighted by atomic mass is 35.5. The molecule has 2 aromatic rings. The van der Waals surface area contributed by atoms with Crippen molar-refractivity contribution in [2.24, 2.45) is 0 Å². The van der Waals surface area contributed by atoms with Gasteiger partial charge >= 0.3 is 0 Å². The molecule has 0 amide bonds. The molecule has 0 aliphatic heterocycles. The molecule has 0 saturated heterocycles. The van der Waals surface area contributed by atoms with E-state index < -0.39 is 0 Å². The second-order valence-electron chi connectivity index (χ2n) is 4.43. The molecule has 1 aromatic heterocycles. The number of benzene rings is 1. The minimum absolute atomic E-state index is 0. The average molecular weight is 283 g/mol. The van der Waals surface area contributed by atoms with Gasteiger partial charge in [-0.15, -0.1) is 23.7 Å². The molecule has 1 N–H and O–H groups in total. The van der Waals surface area contributed by atoms with Crippen LogP contribution in [0.2, 0.25) is 0 Å². The molecule has 2 rings (SSSR count). The van der Waals surface area contributed by atoms with Crippen LogP contribution in [-0.4, -0.2) is 12.0 Å². The number of thiazole rings is 1. The first-order valence-electron chi connectivity index (χ1n) is 5.90. The molecule has 18 heavy (non-hydrogen) atoms. The minimum Gasteiger partial charge on any atom is -0.314 e. The summed E-state index contributed by atoms with van der Waals surface area (Å²) < 4.78 is 0. The van der Waals surface area contributed by atoms with Gasteiger partial charge in [0.2, 0.25) is 0 Å². The molecule has 1 aromatic carbocycles. The van der Waals surface area contributed by atoms with Gasteiger partial charge in [-0.3, -0.25) is 0 Å². The van der Waals surface area contributed by atoms with Gasteiger partial charge in [0.15, 0.2) is 0 Å². The van der Waals surface area contributed by atoms with Crippen molar-refractivity contribution in [2.75, 3.05) is 7.05 Å². The molecular weight excluding hydrogens is 264 g/mol. The van der Waals surface area contributed by atoms with Crippen LogP contribution in [0.1, 0.15) is 30.3 Å². The summed E-state index contributed by atoms with van der Waals surface area (Å²) >= 11 is 1.71. The van der Waals surface area contributed by atoms with Crippen molar-refractivity contribution >= 4 is 23.7 Å². The number of halogens is 1. The van der Waals surface area contributed by atoms with Crippen molar-refractivity contribution in [1.82, 2.24) is 10.3 Å². The predicted molar refractivity (Wildman–Crippen MR) is 81.7 cm³/mol. The molecule has 0 spiro atoms. The van der Waals surface area contributed by atoms with E-state index in [4.69, 9.17) is 0 Å². The van der Waals surface area contributed by atoms with E-state index in [0.717, 1.165) is 17.2 Å². The fraction of sp³-hybridized carbons (Fsp3) is 0.357. The number of hydrogen-bond acceptors (Lipinski definition) is 3. The van der Waals surface area contributed by atoms with Crippen molar-refractivity contribution in [3.8, 4) is 11.3 Å². The Labute approximate surface area is 119 Å². The van der Waals surface area contributed by atoms with Gasteiger partial charge < -0.3 is 5.32 Å². The summed E-state index contributed by atoms with van der Waals surface area (Å²) in [6.07, 6.45) is 0. The normalized spacial score (nSPS) is 10.4. The monoisotopic (exact) mass is 282 g/mol. The Morgan fingerprint density at radius 1 is 1.22 bits per heavy atom. The van der Waals surface area contributed by atoms with E-state index in [-0.39, 0.29) is 12.4 Å². The molecule has 4 heteroatoms. The SMILES string of the molecule is CNCc1nc(-c2ccc(C(C)C)cc2)cs1.Cl. The Balaban J connectivity index is 0.00000162. The van der Waals surface area contributed by atoms with Crippen molar-refractivity contribution in [2.45, 2.75) is 26.3 Å². The molecule has 0 radical (unpaired) electrons. The maximum atomic E-state index is 4.60. The van der Waals surface area contributed by atoms with E-state index in [1.54, 1.807) is 11.3 Å². The third-order valence-electron chi connectivity index (χ3n) is 2.75.